The zero-order valence-corrected chi connectivity index (χ0v) is 13.3. The van der Waals surface area contributed by atoms with Crippen molar-refractivity contribution in [3.63, 3.8) is 0 Å². The molecule has 2 rings (SSSR count). The number of H-pyrrole nitrogens is 1. The summed E-state index contributed by atoms with van der Waals surface area (Å²) in [6, 6.07) is 0. The Bertz CT molecular complexity index is 530. The average molecular weight is 300 g/mol. The third-order valence-electron chi connectivity index (χ3n) is 3.75. The number of nitrogens with one attached hydrogen (secondary N) is 1. The molecular formula is C13H24N4O2S. The van der Waals surface area contributed by atoms with Gasteiger partial charge in [-0.1, -0.05) is 6.92 Å². The van der Waals surface area contributed by atoms with Crippen LogP contribution >= 0.6 is 0 Å². The van der Waals surface area contributed by atoms with E-state index in [-0.39, 0.29) is 5.03 Å². The summed E-state index contributed by atoms with van der Waals surface area (Å²) in [5, 5.41) is 0.223. The van der Waals surface area contributed by atoms with E-state index in [2.05, 4.69) is 29.0 Å². The van der Waals surface area contributed by atoms with Crippen molar-refractivity contribution in [3.8, 4) is 0 Å². The van der Waals surface area contributed by atoms with Crippen molar-refractivity contribution in [1.29, 1.82) is 0 Å². The number of nitrogens with zero attached hydrogens (tertiary/aromatic N) is 3. The molecule has 0 spiro atoms. The van der Waals surface area contributed by atoms with Gasteiger partial charge < -0.3 is 9.88 Å². The van der Waals surface area contributed by atoms with Crippen molar-refractivity contribution in [2.75, 3.05) is 33.7 Å². The fourth-order valence-electron chi connectivity index (χ4n) is 2.64. The van der Waals surface area contributed by atoms with Gasteiger partial charge in [-0.15, -0.1) is 0 Å². The molecule has 6 nitrogen and oxygen atoms in total. The van der Waals surface area contributed by atoms with Crippen LogP contribution in [0.2, 0.25) is 0 Å². The largest absolute Gasteiger partial charge is 0.332 e. The summed E-state index contributed by atoms with van der Waals surface area (Å²) >= 11 is 0. The zero-order valence-electron chi connectivity index (χ0n) is 12.5. The van der Waals surface area contributed by atoms with Gasteiger partial charge in [0.1, 0.15) is 5.82 Å². The molecule has 0 atom stereocenters. The number of imidazole rings is 1. The van der Waals surface area contributed by atoms with E-state index < -0.39 is 10.0 Å². The van der Waals surface area contributed by atoms with Gasteiger partial charge in [-0.2, -0.15) is 4.31 Å². The summed E-state index contributed by atoms with van der Waals surface area (Å²) in [5.41, 5.74) is 0. The minimum Gasteiger partial charge on any atom is -0.332 e. The molecule has 0 radical (unpaired) electrons. The van der Waals surface area contributed by atoms with Gasteiger partial charge in [0.15, 0.2) is 5.03 Å². The Balaban J connectivity index is 2.02. The van der Waals surface area contributed by atoms with Gasteiger partial charge in [0.2, 0.25) is 0 Å². The van der Waals surface area contributed by atoms with Crippen LogP contribution in [-0.4, -0.2) is 61.3 Å². The van der Waals surface area contributed by atoms with Gasteiger partial charge >= 0.3 is 0 Å². The first-order chi connectivity index (χ1) is 9.43. The van der Waals surface area contributed by atoms with Crippen molar-refractivity contribution in [1.82, 2.24) is 19.2 Å². The second-order valence-corrected chi connectivity index (χ2v) is 7.56. The molecule has 0 unspecified atom stereocenters. The lowest BCUT2D eigenvalue weighted by atomic mass is 9.98. The highest BCUT2D eigenvalue weighted by molar-refractivity contribution is 7.89. The number of sulfonamides is 1. The zero-order chi connectivity index (χ0) is 14.8. The second-order valence-electron chi connectivity index (χ2n) is 5.66. The fourth-order valence-corrected chi connectivity index (χ4v) is 4.04. The van der Waals surface area contributed by atoms with Crippen LogP contribution in [0, 0.1) is 5.92 Å². The summed E-state index contributed by atoms with van der Waals surface area (Å²) in [5.74, 6) is 1.30. The summed E-state index contributed by atoms with van der Waals surface area (Å²) in [7, 11) is 0.710. The molecule has 1 saturated heterocycles. The summed E-state index contributed by atoms with van der Waals surface area (Å²) < 4.78 is 26.6. The molecule has 0 aliphatic carbocycles. The third kappa shape index (κ3) is 3.39. The van der Waals surface area contributed by atoms with Crippen molar-refractivity contribution < 1.29 is 8.42 Å². The van der Waals surface area contributed by atoms with Crippen LogP contribution in [0.5, 0.6) is 0 Å². The van der Waals surface area contributed by atoms with Crippen LogP contribution in [0.15, 0.2) is 11.2 Å². The quantitative estimate of drug-likeness (QED) is 0.878. The second kappa shape index (κ2) is 6.24. The molecule has 7 heteroatoms. The molecule has 1 aliphatic heterocycles. The summed E-state index contributed by atoms with van der Waals surface area (Å²) in [4.78, 5) is 9.14. The van der Waals surface area contributed by atoms with Gasteiger partial charge in [-0.3, -0.25) is 0 Å². The minimum atomic E-state index is -3.40. The molecule has 0 amide bonds. The van der Waals surface area contributed by atoms with E-state index in [9.17, 15) is 8.42 Å². The van der Waals surface area contributed by atoms with Crippen molar-refractivity contribution in [2.45, 2.75) is 31.2 Å². The molecule has 0 saturated carbocycles. The topological polar surface area (TPSA) is 69.3 Å². The van der Waals surface area contributed by atoms with Crippen LogP contribution in [-0.2, 0) is 16.4 Å². The van der Waals surface area contributed by atoms with Crippen molar-refractivity contribution in [2.24, 2.45) is 5.92 Å². The van der Waals surface area contributed by atoms with Crippen LogP contribution in [0.4, 0.5) is 0 Å². The number of rotatable bonds is 5. The van der Waals surface area contributed by atoms with Gasteiger partial charge in [-0.25, -0.2) is 13.4 Å². The van der Waals surface area contributed by atoms with E-state index in [1.807, 2.05) is 6.92 Å². The predicted octanol–water partition coefficient (Wildman–Crippen LogP) is 0.934. The maximum atomic E-state index is 12.5. The highest BCUT2D eigenvalue weighted by Crippen LogP contribution is 2.23. The molecule has 1 aromatic rings. The van der Waals surface area contributed by atoms with Crippen LogP contribution < -0.4 is 0 Å². The van der Waals surface area contributed by atoms with Crippen LogP contribution in [0.1, 0.15) is 25.6 Å². The Morgan fingerprint density at radius 1 is 1.40 bits per heavy atom. The van der Waals surface area contributed by atoms with Crippen LogP contribution in [0.25, 0.3) is 0 Å². The first-order valence-corrected chi connectivity index (χ1v) is 8.56. The summed E-state index contributed by atoms with van der Waals surface area (Å²) in [6.07, 6.45) is 3.98. The fraction of sp³-hybridized carbons (Fsp3) is 0.769. The monoisotopic (exact) mass is 300 g/mol. The van der Waals surface area contributed by atoms with E-state index >= 15 is 0 Å². The van der Waals surface area contributed by atoms with E-state index in [0.717, 1.165) is 19.4 Å². The van der Waals surface area contributed by atoms with E-state index in [1.54, 1.807) is 4.31 Å². The highest BCUT2D eigenvalue weighted by atomic mass is 32.2. The van der Waals surface area contributed by atoms with Gasteiger partial charge in [0.25, 0.3) is 10.0 Å². The number of hydrogen-bond acceptors (Lipinski definition) is 4. The maximum absolute atomic E-state index is 12.5. The number of hydrogen-bond donors (Lipinski definition) is 1. The molecular weight excluding hydrogens is 276 g/mol. The minimum absolute atomic E-state index is 0.223. The molecule has 2 heterocycles. The first-order valence-electron chi connectivity index (χ1n) is 7.12. The lowest BCUT2D eigenvalue weighted by Crippen LogP contribution is -2.40. The smallest absolute Gasteiger partial charge is 0.260 e. The van der Waals surface area contributed by atoms with Gasteiger partial charge in [-0.05, 0) is 32.9 Å². The Morgan fingerprint density at radius 2 is 2.05 bits per heavy atom. The highest BCUT2D eigenvalue weighted by Gasteiger charge is 2.30. The molecule has 1 N–H and O–H groups in total. The number of piperidine rings is 1. The van der Waals surface area contributed by atoms with E-state index in [4.69, 9.17) is 0 Å². The van der Waals surface area contributed by atoms with Crippen molar-refractivity contribution in [3.05, 3.63) is 12.0 Å². The Morgan fingerprint density at radius 3 is 2.55 bits per heavy atom. The molecule has 20 heavy (non-hydrogen) atoms. The number of aromatic amines is 1. The lowest BCUT2D eigenvalue weighted by Gasteiger charge is -2.32. The molecule has 0 bridgehead atoms. The molecule has 1 aromatic heterocycles. The van der Waals surface area contributed by atoms with Gasteiger partial charge in [0, 0.05) is 26.1 Å². The van der Waals surface area contributed by atoms with E-state index in [1.165, 1.54) is 6.20 Å². The number of aromatic nitrogens is 2. The SMILES string of the molecule is CCc1ncc(S(=O)(=O)N2CCC(CN(C)C)CC2)[nH]1. The van der Waals surface area contributed by atoms with Crippen molar-refractivity contribution >= 4 is 10.0 Å². The van der Waals surface area contributed by atoms with E-state index in [0.29, 0.717) is 31.3 Å². The average Bonchev–Trinajstić information content (AvgIpc) is 2.88. The maximum Gasteiger partial charge on any atom is 0.260 e. The third-order valence-corrected chi connectivity index (χ3v) is 5.56. The number of aryl methyl sites for hydroxylation is 1. The molecule has 1 aliphatic rings. The molecule has 1 fully saturated rings. The first kappa shape index (κ1) is 15.5. The Hall–Kier alpha value is -0.920. The molecule has 0 aromatic carbocycles. The Labute approximate surface area is 121 Å². The standard InChI is InChI=1S/C13H24N4O2S/c1-4-12-14-9-13(15-12)20(18,19)17-7-5-11(6-8-17)10-16(2)3/h9,11H,4-8,10H2,1-3H3,(H,14,15). The van der Waals surface area contributed by atoms with Crippen LogP contribution in [0.3, 0.4) is 0 Å². The summed E-state index contributed by atoms with van der Waals surface area (Å²) in [6.45, 7) is 4.17. The Kier molecular flexibility index (Phi) is 4.82. The normalized spacial score (nSPS) is 18.8. The lowest BCUT2D eigenvalue weighted by molar-refractivity contribution is 0.224. The predicted molar refractivity (Wildman–Crippen MR) is 78.0 cm³/mol. The van der Waals surface area contributed by atoms with Gasteiger partial charge in [0.05, 0.1) is 6.20 Å². The molecule has 114 valence electrons.